The molecule has 128 valence electrons. The lowest BCUT2D eigenvalue weighted by atomic mass is 10.1. The molecule has 0 saturated carbocycles. The first-order chi connectivity index (χ1) is 11.3. The van der Waals surface area contributed by atoms with Crippen LogP contribution in [0.3, 0.4) is 0 Å². The molecule has 2 aromatic carbocycles. The number of sulfone groups is 1. The van der Waals surface area contributed by atoms with Crippen molar-refractivity contribution in [1.82, 2.24) is 5.32 Å². The molecule has 1 atom stereocenters. The highest BCUT2D eigenvalue weighted by Gasteiger charge is 2.18. The van der Waals surface area contributed by atoms with Gasteiger partial charge in [-0.25, -0.2) is 8.42 Å². The summed E-state index contributed by atoms with van der Waals surface area (Å²) in [4.78, 5) is 12.3. The van der Waals surface area contributed by atoms with Crippen LogP contribution in [0.25, 0.3) is 0 Å². The largest absolute Gasteiger partial charge is 0.350 e. The summed E-state index contributed by atoms with van der Waals surface area (Å²) in [6, 6.07) is 12.7. The third-order valence-corrected chi connectivity index (χ3v) is 5.80. The fourth-order valence-corrected chi connectivity index (χ4v) is 4.05. The molecular formula is C17H17Cl2NO3S. The summed E-state index contributed by atoms with van der Waals surface area (Å²) in [7, 11) is -3.47. The van der Waals surface area contributed by atoms with Crippen LogP contribution in [0.5, 0.6) is 0 Å². The minimum atomic E-state index is -3.47. The third-order valence-electron chi connectivity index (χ3n) is 3.51. The van der Waals surface area contributed by atoms with Gasteiger partial charge in [0.2, 0.25) is 5.91 Å². The van der Waals surface area contributed by atoms with Crippen molar-refractivity contribution in [2.24, 2.45) is 0 Å². The number of hydrogen-bond donors (Lipinski definition) is 1. The number of hydrogen-bond acceptors (Lipinski definition) is 3. The molecule has 0 heterocycles. The average molecular weight is 386 g/mol. The van der Waals surface area contributed by atoms with Crippen LogP contribution in [0.4, 0.5) is 0 Å². The topological polar surface area (TPSA) is 63.2 Å². The van der Waals surface area contributed by atoms with Gasteiger partial charge >= 0.3 is 0 Å². The van der Waals surface area contributed by atoms with E-state index < -0.39 is 9.84 Å². The lowest BCUT2D eigenvalue weighted by Crippen LogP contribution is -2.28. The van der Waals surface area contributed by atoms with Gasteiger partial charge in [-0.1, -0.05) is 47.5 Å². The van der Waals surface area contributed by atoms with Gasteiger partial charge in [0.05, 0.1) is 16.7 Å². The first kappa shape index (κ1) is 18.8. The second-order valence-corrected chi connectivity index (χ2v) is 8.29. The van der Waals surface area contributed by atoms with E-state index in [2.05, 4.69) is 5.32 Å². The van der Waals surface area contributed by atoms with E-state index in [0.717, 1.165) is 5.56 Å². The maximum Gasteiger partial charge on any atom is 0.221 e. The van der Waals surface area contributed by atoms with E-state index in [-0.39, 0.29) is 29.0 Å². The molecule has 0 radical (unpaired) electrons. The number of carbonyl (C=O) groups excluding carboxylic acids is 1. The highest BCUT2D eigenvalue weighted by Crippen LogP contribution is 2.26. The average Bonchev–Trinajstić information content (AvgIpc) is 2.54. The van der Waals surface area contributed by atoms with Gasteiger partial charge in [-0.3, -0.25) is 4.79 Å². The molecule has 0 aliphatic heterocycles. The molecule has 0 bridgehead atoms. The van der Waals surface area contributed by atoms with Crippen molar-refractivity contribution in [3.63, 3.8) is 0 Å². The van der Waals surface area contributed by atoms with Gasteiger partial charge in [0.25, 0.3) is 0 Å². The molecule has 7 heteroatoms. The summed E-state index contributed by atoms with van der Waals surface area (Å²) >= 11 is 12.0. The number of carbonyl (C=O) groups is 1. The van der Waals surface area contributed by atoms with Crippen molar-refractivity contribution < 1.29 is 13.2 Å². The molecule has 1 unspecified atom stereocenters. The fourth-order valence-electron chi connectivity index (χ4n) is 2.22. The number of halogens is 2. The minimum absolute atomic E-state index is 0.118. The van der Waals surface area contributed by atoms with Crippen molar-refractivity contribution >= 4 is 38.9 Å². The molecule has 0 aliphatic carbocycles. The van der Waals surface area contributed by atoms with E-state index in [1.54, 1.807) is 43.3 Å². The maximum atomic E-state index is 12.2. The Kier molecular flexibility index (Phi) is 6.27. The van der Waals surface area contributed by atoms with E-state index in [4.69, 9.17) is 23.2 Å². The molecule has 1 amide bonds. The Labute approximate surface area is 151 Å². The Bertz CT molecular complexity index is 823. The van der Waals surface area contributed by atoms with Gasteiger partial charge in [0.15, 0.2) is 9.84 Å². The van der Waals surface area contributed by atoms with Crippen LogP contribution >= 0.6 is 23.2 Å². The van der Waals surface area contributed by atoms with Crippen LogP contribution in [-0.2, 0) is 14.6 Å². The predicted octanol–water partition coefficient (Wildman–Crippen LogP) is 4.03. The van der Waals surface area contributed by atoms with Crippen molar-refractivity contribution in [1.29, 1.82) is 0 Å². The molecule has 0 aromatic heterocycles. The number of rotatable bonds is 6. The molecule has 2 aromatic rings. The third kappa shape index (κ3) is 4.97. The van der Waals surface area contributed by atoms with E-state index >= 15 is 0 Å². The Morgan fingerprint density at radius 3 is 2.42 bits per heavy atom. The summed E-state index contributed by atoms with van der Waals surface area (Å²) in [5.41, 5.74) is 0.723. The predicted molar refractivity (Wildman–Crippen MR) is 96.1 cm³/mol. The molecule has 0 aliphatic rings. The SMILES string of the molecule is CC(NC(=O)CCS(=O)(=O)c1ccccc1)c1ccc(Cl)cc1Cl. The molecule has 1 N–H and O–H groups in total. The monoisotopic (exact) mass is 385 g/mol. The van der Waals surface area contributed by atoms with Crippen LogP contribution in [0.15, 0.2) is 53.4 Å². The lowest BCUT2D eigenvalue weighted by Gasteiger charge is -2.16. The van der Waals surface area contributed by atoms with Gasteiger partial charge in [-0.05, 0) is 36.8 Å². The molecule has 0 spiro atoms. The Hall–Kier alpha value is -1.56. The normalized spacial score (nSPS) is 12.6. The summed E-state index contributed by atoms with van der Waals surface area (Å²) in [5, 5.41) is 3.71. The molecule has 2 rings (SSSR count). The molecule has 24 heavy (non-hydrogen) atoms. The molecule has 0 saturated heterocycles. The molecular weight excluding hydrogens is 369 g/mol. The van der Waals surface area contributed by atoms with E-state index in [9.17, 15) is 13.2 Å². The summed E-state index contributed by atoms with van der Waals surface area (Å²) in [5.74, 6) is -0.600. The summed E-state index contributed by atoms with van der Waals surface area (Å²) in [6.45, 7) is 1.78. The van der Waals surface area contributed by atoms with Crippen LogP contribution in [0, 0.1) is 0 Å². The van der Waals surface area contributed by atoms with Gasteiger partial charge in [-0.15, -0.1) is 0 Å². The Morgan fingerprint density at radius 2 is 1.79 bits per heavy atom. The Morgan fingerprint density at radius 1 is 1.12 bits per heavy atom. The van der Waals surface area contributed by atoms with Crippen molar-refractivity contribution in [2.45, 2.75) is 24.3 Å². The standard InChI is InChI=1S/C17H17Cl2NO3S/c1-12(15-8-7-13(18)11-16(15)19)20-17(21)9-10-24(22,23)14-5-3-2-4-6-14/h2-8,11-12H,9-10H2,1H3,(H,20,21). The van der Waals surface area contributed by atoms with E-state index in [1.807, 2.05) is 0 Å². The highest BCUT2D eigenvalue weighted by molar-refractivity contribution is 7.91. The Balaban J connectivity index is 1.96. The number of nitrogens with one attached hydrogen (secondary N) is 1. The zero-order chi connectivity index (χ0) is 17.7. The molecule has 0 fully saturated rings. The summed E-state index contributed by atoms with van der Waals surface area (Å²) in [6.07, 6.45) is -0.118. The maximum absolute atomic E-state index is 12.2. The van der Waals surface area contributed by atoms with E-state index in [1.165, 1.54) is 12.1 Å². The lowest BCUT2D eigenvalue weighted by molar-refractivity contribution is -0.121. The highest BCUT2D eigenvalue weighted by atomic mass is 35.5. The van der Waals surface area contributed by atoms with Crippen molar-refractivity contribution in [3.05, 3.63) is 64.1 Å². The van der Waals surface area contributed by atoms with Crippen LogP contribution in [0.2, 0.25) is 10.0 Å². The molecule has 4 nitrogen and oxygen atoms in total. The van der Waals surface area contributed by atoms with Gasteiger partial charge in [0, 0.05) is 16.5 Å². The zero-order valence-electron chi connectivity index (χ0n) is 13.0. The second-order valence-electron chi connectivity index (χ2n) is 5.34. The minimum Gasteiger partial charge on any atom is -0.350 e. The first-order valence-electron chi connectivity index (χ1n) is 7.32. The second kappa shape index (κ2) is 8.01. The van der Waals surface area contributed by atoms with Crippen LogP contribution in [-0.4, -0.2) is 20.1 Å². The van der Waals surface area contributed by atoms with Crippen molar-refractivity contribution in [3.8, 4) is 0 Å². The number of benzene rings is 2. The fraction of sp³-hybridized carbons (Fsp3) is 0.235. The quantitative estimate of drug-likeness (QED) is 0.815. The van der Waals surface area contributed by atoms with Gasteiger partial charge in [-0.2, -0.15) is 0 Å². The smallest absolute Gasteiger partial charge is 0.221 e. The van der Waals surface area contributed by atoms with Gasteiger partial charge < -0.3 is 5.32 Å². The summed E-state index contributed by atoms with van der Waals surface area (Å²) < 4.78 is 24.3. The van der Waals surface area contributed by atoms with Crippen molar-refractivity contribution in [2.75, 3.05) is 5.75 Å². The zero-order valence-corrected chi connectivity index (χ0v) is 15.3. The first-order valence-corrected chi connectivity index (χ1v) is 9.72. The van der Waals surface area contributed by atoms with E-state index in [0.29, 0.717) is 10.0 Å². The van der Waals surface area contributed by atoms with Gasteiger partial charge in [0.1, 0.15) is 0 Å². The van der Waals surface area contributed by atoms with Crippen LogP contribution < -0.4 is 5.32 Å². The number of amides is 1. The van der Waals surface area contributed by atoms with Crippen LogP contribution in [0.1, 0.15) is 24.9 Å².